The molecule has 156 valence electrons. The van der Waals surface area contributed by atoms with Gasteiger partial charge in [-0.15, -0.1) is 0 Å². The van der Waals surface area contributed by atoms with Crippen molar-refractivity contribution >= 4 is 35.6 Å². The highest BCUT2D eigenvalue weighted by Crippen LogP contribution is 2.35. The van der Waals surface area contributed by atoms with Crippen LogP contribution in [-0.2, 0) is 14.4 Å². The van der Waals surface area contributed by atoms with Crippen molar-refractivity contribution in [2.45, 2.75) is 24.8 Å². The van der Waals surface area contributed by atoms with E-state index in [-0.39, 0.29) is 24.8 Å². The lowest BCUT2D eigenvalue weighted by Crippen LogP contribution is -2.42. The van der Waals surface area contributed by atoms with Crippen LogP contribution in [0.5, 0.6) is 5.75 Å². The van der Waals surface area contributed by atoms with E-state index in [9.17, 15) is 19.5 Å². The number of aliphatic hydroxyl groups is 1. The fourth-order valence-electron chi connectivity index (χ4n) is 3.41. The minimum atomic E-state index is -1.04. The zero-order valence-electron chi connectivity index (χ0n) is 16.1. The van der Waals surface area contributed by atoms with Gasteiger partial charge in [-0.05, 0) is 36.6 Å². The summed E-state index contributed by atoms with van der Waals surface area (Å²) < 4.78 is 5.18. The van der Waals surface area contributed by atoms with E-state index in [1.165, 1.54) is 4.90 Å². The van der Waals surface area contributed by atoms with Crippen molar-refractivity contribution in [3.63, 3.8) is 0 Å². The van der Waals surface area contributed by atoms with Gasteiger partial charge in [0.1, 0.15) is 5.75 Å². The molecular weight excluding hydrogens is 396 g/mol. The number of hydrogen-bond donors (Lipinski definition) is 2. The van der Waals surface area contributed by atoms with E-state index in [0.717, 1.165) is 17.3 Å². The molecule has 1 aromatic carbocycles. The molecule has 0 radical (unpaired) electrons. The quantitative estimate of drug-likeness (QED) is 0.673. The third kappa shape index (κ3) is 5.10. The fraction of sp³-hybridized carbons (Fsp3) is 0.450. The summed E-state index contributed by atoms with van der Waals surface area (Å²) in [5.74, 6) is -1.01. The molecule has 29 heavy (non-hydrogen) atoms. The van der Waals surface area contributed by atoms with E-state index in [4.69, 9.17) is 9.84 Å². The largest absolute Gasteiger partial charge is 0.497 e. The first-order chi connectivity index (χ1) is 13.9. The predicted octanol–water partition coefficient (Wildman–Crippen LogP) is 1.60. The molecule has 0 saturated carbocycles. The van der Waals surface area contributed by atoms with Gasteiger partial charge in [0.15, 0.2) is 5.56 Å². The van der Waals surface area contributed by atoms with Gasteiger partial charge in [0.25, 0.3) is 5.91 Å². The van der Waals surface area contributed by atoms with Gasteiger partial charge in [-0.25, -0.2) is 0 Å². The first-order valence-corrected chi connectivity index (χ1v) is 10.3. The summed E-state index contributed by atoms with van der Waals surface area (Å²) in [5, 5.41) is 19.3. The molecular formula is C20H24N2O6S. The Kier molecular flexibility index (Phi) is 6.81. The molecule has 2 aliphatic heterocycles. The summed E-state index contributed by atoms with van der Waals surface area (Å²) in [6, 6.07) is 7.25. The van der Waals surface area contributed by atoms with Crippen LogP contribution in [0.1, 0.15) is 24.8 Å². The number of benzene rings is 1. The van der Waals surface area contributed by atoms with Crippen molar-refractivity contribution in [3.05, 3.63) is 34.7 Å². The van der Waals surface area contributed by atoms with E-state index >= 15 is 0 Å². The smallest absolute Gasteiger partial charge is 0.306 e. The summed E-state index contributed by atoms with van der Waals surface area (Å²) in [5.41, 5.74) is -0.253. The zero-order valence-corrected chi connectivity index (χ0v) is 16.9. The molecule has 2 amide bonds. The van der Waals surface area contributed by atoms with Crippen molar-refractivity contribution in [2.24, 2.45) is 5.92 Å². The number of thioether (sulfide) groups is 1. The molecule has 8 nitrogen and oxygen atoms in total. The van der Waals surface area contributed by atoms with Crippen LogP contribution in [0.2, 0.25) is 0 Å². The SMILES string of the molecule is COc1cccc(/C=C2\SC(O)N(CCC(=O)N3CCC(C(=O)O)CC3)C2=O)c1. The molecule has 2 saturated heterocycles. The van der Waals surface area contributed by atoms with Crippen LogP contribution in [-0.4, -0.2) is 70.1 Å². The molecule has 9 heteroatoms. The molecule has 0 aliphatic carbocycles. The molecule has 2 N–H and O–H groups in total. The number of likely N-dealkylation sites (tertiary alicyclic amines) is 1. The number of aliphatic hydroxyl groups excluding tert-OH is 1. The second kappa shape index (κ2) is 9.32. The Labute approximate surface area is 173 Å². The lowest BCUT2D eigenvalue weighted by Gasteiger charge is -2.30. The molecule has 0 bridgehead atoms. The molecule has 0 aromatic heterocycles. The fourth-order valence-corrected chi connectivity index (χ4v) is 4.39. The summed E-state index contributed by atoms with van der Waals surface area (Å²) in [7, 11) is 1.56. The third-order valence-corrected chi connectivity index (χ3v) is 6.14. The highest BCUT2D eigenvalue weighted by atomic mass is 32.2. The number of ether oxygens (including phenoxy) is 1. The average Bonchev–Trinajstić information content (AvgIpc) is 2.99. The van der Waals surface area contributed by atoms with Crippen molar-refractivity contribution in [1.82, 2.24) is 9.80 Å². The topological polar surface area (TPSA) is 107 Å². The molecule has 2 heterocycles. The number of methoxy groups -OCH3 is 1. The Bertz CT molecular complexity index is 819. The number of nitrogens with zero attached hydrogens (tertiary/aromatic N) is 2. The predicted molar refractivity (Wildman–Crippen MR) is 108 cm³/mol. The summed E-state index contributed by atoms with van der Waals surface area (Å²) >= 11 is 1.04. The van der Waals surface area contributed by atoms with Gasteiger partial charge in [-0.2, -0.15) is 0 Å². The van der Waals surface area contributed by atoms with Gasteiger partial charge < -0.3 is 24.7 Å². The van der Waals surface area contributed by atoms with Crippen LogP contribution in [0.3, 0.4) is 0 Å². The highest BCUT2D eigenvalue weighted by molar-refractivity contribution is 8.05. The lowest BCUT2D eigenvalue weighted by molar-refractivity contribution is -0.146. The first-order valence-electron chi connectivity index (χ1n) is 9.41. The Morgan fingerprint density at radius 2 is 2.03 bits per heavy atom. The number of carboxylic acid groups (broad SMARTS) is 1. The second-order valence-corrected chi connectivity index (χ2v) is 8.07. The molecule has 2 aliphatic rings. The van der Waals surface area contributed by atoms with Crippen LogP contribution in [0.25, 0.3) is 6.08 Å². The van der Waals surface area contributed by atoms with E-state index in [2.05, 4.69) is 0 Å². The normalized spacial score (nSPS) is 21.7. The Hall–Kier alpha value is -2.52. The molecule has 0 spiro atoms. The van der Waals surface area contributed by atoms with Crippen LogP contribution in [0.4, 0.5) is 0 Å². The number of hydrogen-bond acceptors (Lipinski definition) is 6. The number of carboxylic acids is 1. The van der Waals surface area contributed by atoms with Crippen molar-refractivity contribution < 1.29 is 29.3 Å². The zero-order chi connectivity index (χ0) is 21.0. The molecule has 2 fully saturated rings. The number of carbonyl (C=O) groups is 3. The highest BCUT2D eigenvalue weighted by Gasteiger charge is 2.35. The average molecular weight is 420 g/mol. The minimum absolute atomic E-state index is 0.0908. The van der Waals surface area contributed by atoms with Crippen molar-refractivity contribution in [1.29, 1.82) is 0 Å². The summed E-state index contributed by atoms with van der Waals surface area (Å²) in [6.45, 7) is 0.921. The van der Waals surface area contributed by atoms with E-state index in [1.807, 2.05) is 12.1 Å². The molecule has 1 unspecified atom stereocenters. The number of amides is 2. The van der Waals surface area contributed by atoms with Crippen LogP contribution >= 0.6 is 11.8 Å². The van der Waals surface area contributed by atoms with Gasteiger partial charge in [0, 0.05) is 26.1 Å². The van der Waals surface area contributed by atoms with E-state index in [0.29, 0.717) is 36.6 Å². The standard InChI is InChI=1S/C20H24N2O6S/c1-28-15-4-2-3-13(11-15)12-16-18(24)22(20(27)29-16)10-7-17(23)21-8-5-14(6-9-21)19(25)26/h2-4,11-12,14,20,27H,5-10H2,1H3,(H,25,26)/b16-12-. The number of aliphatic carboxylic acids is 1. The van der Waals surface area contributed by atoms with Crippen molar-refractivity contribution in [3.8, 4) is 5.75 Å². The molecule has 3 rings (SSSR count). The van der Waals surface area contributed by atoms with Crippen molar-refractivity contribution in [2.75, 3.05) is 26.7 Å². The van der Waals surface area contributed by atoms with Crippen LogP contribution < -0.4 is 4.74 Å². The number of carbonyl (C=O) groups excluding carboxylic acids is 2. The number of piperidine rings is 1. The van der Waals surface area contributed by atoms with E-state index in [1.54, 1.807) is 30.2 Å². The van der Waals surface area contributed by atoms with Gasteiger partial charge in [-0.3, -0.25) is 14.4 Å². The monoisotopic (exact) mass is 420 g/mol. The summed E-state index contributed by atoms with van der Waals surface area (Å²) in [6.07, 6.45) is 2.66. The third-order valence-electron chi connectivity index (χ3n) is 5.13. The first kappa shape index (κ1) is 21.2. The maximum atomic E-state index is 12.6. The minimum Gasteiger partial charge on any atom is -0.497 e. The Balaban J connectivity index is 1.56. The Morgan fingerprint density at radius 3 is 2.69 bits per heavy atom. The van der Waals surface area contributed by atoms with Crippen LogP contribution in [0.15, 0.2) is 29.2 Å². The maximum Gasteiger partial charge on any atom is 0.306 e. The number of rotatable bonds is 6. The lowest BCUT2D eigenvalue weighted by atomic mass is 9.97. The molecule has 1 aromatic rings. The summed E-state index contributed by atoms with van der Waals surface area (Å²) in [4.78, 5) is 39.4. The van der Waals surface area contributed by atoms with Gasteiger partial charge in [0.2, 0.25) is 5.91 Å². The van der Waals surface area contributed by atoms with Gasteiger partial charge in [-0.1, -0.05) is 23.9 Å². The van der Waals surface area contributed by atoms with Gasteiger partial charge >= 0.3 is 5.97 Å². The maximum absolute atomic E-state index is 12.6. The molecule has 1 atom stereocenters. The van der Waals surface area contributed by atoms with E-state index < -0.39 is 17.4 Å². The van der Waals surface area contributed by atoms with Gasteiger partial charge in [0.05, 0.1) is 17.9 Å². The van der Waals surface area contributed by atoms with Crippen LogP contribution in [0, 0.1) is 5.92 Å². The Morgan fingerprint density at radius 1 is 1.31 bits per heavy atom. The second-order valence-electron chi connectivity index (χ2n) is 6.97.